The first-order valence-corrected chi connectivity index (χ1v) is 9.21. The highest BCUT2D eigenvalue weighted by molar-refractivity contribution is 6.25. The third kappa shape index (κ3) is 2.18. The lowest BCUT2D eigenvalue weighted by Crippen LogP contribution is -2.64. The Balaban J connectivity index is 0.000000230. The number of phenols is 1. The smallest absolute Gasteiger partial charge is 0.367 e. The fourth-order valence-electron chi connectivity index (χ4n) is 5.47. The lowest BCUT2D eigenvalue weighted by Gasteiger charge is -2.56. The van der Waals surface area contributed by atoms with Crippen LogP contribution in [0.3, 0.4) is 0 Å². The number of carbonyl (C=O) groups excluding carboxylic acids is 1. The van der Waals surface area contributed by atoms with Gasteiger partial charge in [0.2, 0.25) is 0 Å². The number of amides is 2. The minimum Gasteiger partial charge on any atom is -0.504 e. The van der Waals surface area contributed by atoms with Crippen molar-refractivity contribution in [3.63, 3.8) is 0 Å². The molecule has 2 aliphatic carbocycles. The number of urea groups is 1. The molecule has 7 nitrogen and oxygen atoms in total. The Morgan fingerprint density at radius 2 is 2.04 bits per heavy atom. The fraction of sp³-hybridized carbons (Fsp3) is 0.450. The van der Waals surface area contributed by atoms with E-state index in [2.05, 4.69) is 28.0 Å². The number of piperidine rings is 1. The summed E-state index contributed by atoms with van der Waals surface area (Å²) in [5, 5.41) is 20.6. The van der Waals surface area contributed by atoms with Gasteiger partial charge in [-0.05, 0) is 38.1 Å². The molecule has 1 fully saturated rings. The van der Waals surface area contributed by atoms with Crippen LogP contribution in [0.5, 0.6) is 11.5 Å². The molecule has 1 saturated heterocycles. The quantitative estimate of drug-likeness (QED) is 0.677. The maximum absolute atomic E-state index is 10.4. The van der Waals surface area contributed by atoms with Crippen LogP contribution in [0.1, 0.15) is 17.5 Å². The summed E-state index contributed by atoms with van der Waals surface area (Å²) in [5.74, 6) is 1.19. The van der Waals surface area contributed by atoms with Crippen molar-refractivity contribution < 1.29 is 19.7 Å². The van der Waals surface area contributed by atoms with Gasteiger partial charge in [-0.3, -0.25) is 0 Å². The van der Waals surface area contributed by atoms with Gasteiger partial charge in [0.05, 0.1) is 12.4 Å². The summed E-state index contributed by atoms with van der Waals surface area (Å²) in [6, 6.07) is 3.82. The molecule has 2 N–H and O–H groups in total. The van der Waals surface area contributed by atoms with Gasteiger partial charge in [0, 0.05) is 22.9 Å². The van der Waals surface area contributed by atoms with Crippen molar-refractivity contribution in [1.29, 1.82) is 0 Å². The first-order chi connectivity index (χ1) is 13.0. The monoisotopic (exact) mass is 367 g/mol. The van der Waals surface area contributed by atoms with Crippen molar-refractivity contribution in [3.05, 3.63) is 35.4 Å². The maximum atomic E-state index is 10.4. The molecule has 1 aromatic rings. The first kappa shape index (κ1) is 16.6. The minimum atomic E-state index is -0.594. The van der Waals surface area contributed by atoms with E-state index in [9.17, 15) is 15.0 Å². The number of benzene rings is 1. The van der Waals surface area contributed by atoms with Crippen molar-refractivity contribution in [1.82, 2.24) is 4.90 Å². The molecule has 0 unspecified atom stereocenters. The second-order valence-corrected chi connectivity index (χ2v) is 7.77. The van der Waals surface area contributed by atoms with Gasteiger partial charge < -0.3 is 19.8 Å². The topological polar surface area (TPSA) is 94.7 Å². The third-order valence-corrected chi connectivity index (χ3v) is 6.59. The molecule has 0 saturated carbocycles. The van der Waals surface area contributed by atoms with Gasteiger partial charge in [-0.2, -0.15) is 9.98 Å². The predicted octanol–water partition coefficient (Wildman–Crippen LogP) is 1.46. The van der Waals surface area contributed by atoms with Crippen LogP contribution in [0, 0.1) is 5.92 Å². The fourth-order valence-corrected chi connectivity index (χ4v) is 5.47. The number of rotatable bonds is 0. The molecule has 140 valence electrons. The molecule has 5 aliphatic rings. The summed E-state index contributed by atoms with van der Waals surface area (Å²) in [6.45, 7) is 1.01. The summed E-state index contributed by atoms with van der Waals surface area (Å²) < 4.78 is 6.09. The second-order valence-electron chi connectivity index (χ2n) is 7.77. The van der Waals surface area contributed by atoms with Crippen molar-refractivity contribution >= 4 is 18.5 Å². The van der Waals surface area contributed by atoms with Crippen LogP contribution in [0.4, 0.5) is 4.79 Å². The minimum absolute atomic E-state index is 0.160. The van der Waals surface area contributed by atoms with Crippen molar-refractivity contribution in [2.45, 2.75) is 36.5 Å². The molecular weight excluding hydrogens is 346 g/mol. The normalized spacial score (nSPS) is 36.9. The number of aliphatic imine (C=N–C) groups is 2. The van der Waals surface area contributed by atoms with E-state index in [1.54, 1.807) is 6.07 Å². The van der Waals surface area contributed by atoms with E-state index in [0.29, 0.717) is 17.7 Å². The number of ether oxygens (including phenoxy) is 1. The molecule has 0 radical (unpaired) electrons. The number of likely N-dealkylation sites (tertiary alicyclic amines) is 1. The van der Waals surface area contributed by atoms with Gasteiger partial charge in [0.15, 0.2) is 11.5 Å². The molecule has 2 amide bonds. The number of phenolic OH excluding ortho intramolecular Hbond substituents is 1. The highest BCUT2D eigenvalue weighted by Gasteiger charge is 2.64. The Kier molecular flexibility index (Phi) is 3.54. The van der Waals surface area contributed by atoms with Crippen LogP contribution < -0.4 is 4.74 Å². The van der Waals surface area contributed by atoms with E-state index in [0.717, 1.165) is 19.4 Å². The largest absolute Gasteiger partial charge is 0.504 e. The van der Waals surface area contributed by atoms with E-state index in [-0.39, 0.29) is 17.3 Å². The Bertz CT molecular complexity index is 895. The van der Waals surface area contributed by atoms with Gasteiger partial charge in [-0.15, -0.1) is 0 Å². The zero-order valence-electron chi connectivity index (χ0n) is 14.9. The standard InChI is InChI=1S/C17H19NO3.C3H2N2O/c1-18-7-6-17-10-3-5-13(20)16(17)21-15-12(19)4-2-9(14(15)17)8-11(10)18;6-3-4-1-2-5-3/h2-5,10-11,13,16,19-20H,6-8H2,1H3;1-2H/t10-,11+,13-,16-,17-;/m0./s1. The highest BCUT2D eigenvalue weighted by Crippen LogP contribution is 2.62. The second kappa shape index (κ2) is 5.74. The summed E-state index contributed by atoms with van der Waals surface area (Å²) in [6.07, 6.45) is 7.90. The number of nitrogens with zero attached hydrogens (tertiary/aromatic N) is 3. The molecule has 6 rings (SSSR count). The summed E-state index contributed by atoms with van der Waals surface area (Å²) in [5.41, 5.74) is 2.29. The molecule has 3 aliphatic heterocycles. The van der Waals surface area contributed by atoms with Crippen LogP contribution in [0.2, 0.25) is 0 Å². The van der Waals surface area contributed by atoms with E-state index in [1.165, 1.54) is 23.6 Å². The van der Waals surface area contributed by atoms with E-state index >= 15 is 0 Å². The molecule has 5 atom stereocenters. The van der Waals surface area contributed by atoms with Crippen LogP contribution in [0.25, 0.3) is 0 Å². The van der Waals surface area contributed by atoms with Gasteiger partial charge in [0.25, 0.3) is 0 Å². The number of carbonyl (C=O) groups is 1. The SMILES string of the molecule is CN1CC[C@]23c4c5ccc(O)c4O[C@H]2[C@@H](O)C=C[C@H]3[C@H]1C5.O=C1N=CC=N1. The number of likely N-dealkylation sites (N-methyl/N-ethyl adjacent to an activating group) is 1. The molecule has 2 bridgehead atoms. The maximum Gasteiger partial charge on any atom is 0.367 e. The van der Waals surface area contributed by atoms with Crippen LogP contribution in [-0.2, 0) is 11.8 Å². The van der Waals surface area contributed by atoms with E-state index in [4.69, 9.17) is 4.74 Å². The van der Waals surface area contributed by atoms with E-state index in [1.807, 2.05) is 12.1 Å². The van der Waals surface area contributed by atoms with Crippen molar-refractivity contribution in [2.24, 2.45) is 15.9 Å². The highest BCUT2D eigenvalue weighted by atomic mass is 16.5. The van der Waals surface area contributed by atoms with Crippen molar-refractivity contribution in [2.75, 3.05) is 13.6 Å². The van der Waals surface area contributed by atoms with Crippen LogP contribution >= 0.6 is 0 Å². The third-order valence-electron chi connectivity index (χ3n) is 6.59. The first-order valence-electron chi connectivity index (χ1n) is 9.21. The molecule has 0 aromatic heterocycles. The Hall–Kier alpha value is -2.51. The number of aliphatic hydroxyl groups excluding tert-OH is 1. The van der Waals surface area contributed by atoms with E-state index < -0.39 is 12.1 Å². The Morgan fingerprint density at radius 3 is 2.74 bits per heavy atom. The number of hydrogen-bond donors (Lipinski definition) is 2. The summed E-state index contributed by atoms with van der Waals surface area (Å²) >= 11 is 0. The van der Waals surface area contributed by atoms with Gasteiger partial charge in [-0.25, -0.2) is 4.79 Å². The average molecular weight is 367 g/mol. The molecule has 3 heterocycles. The molecule has 7 heteroatoms. The summed E-state index contributed by atoms with van der Waals surface area (Å²) in [7, 11) is 2.19. The zero-order chi connectivity index (χ0) is 18.8. The Morgan fingerprint density at radius 1 is 1.26 bits per heavy atom. The van der Waals surface area contributed by atoms with Gasteiger partial charge >= 0.3 is 6.03 Å². The Labute approximate surface area is 156 Å². The molecular formula is C20H21N3O4. The molecule has 1 spiro atoms. The van der Waals surface area contributed by atoms with Gasteiger partial charge in [-0.1, -0.05) is 18.2 Å². The number of aromatic hydroxyl groups is 1. The summed E-state index contributed by atoms with van der Waals surface area (Å²) in [4.78, 5) is 18.8. The van der Waals surface area contributed by atoms with Crippen molar-refractivity contribution in [3.8, 4) is 11.5 Å². The molecule has 27 heavy (non-hydrogen) atoms. The van der Waals surface area contributed by atoms with Crippen LogP contribution in [0.15, 0.2) is 34.3 Å². The number of aliphatic hydroxyl groups is 1. The van der Waals surface area contributed by atoms with Gasteiger partial charge in [0.1, 0.15) is 12.2 Å². The molecule has 1 aromatic carbocycles. The average Bonchev–Trinajstić information content (AvgIpc) is 3.27. The number of hydrogen-bond acceptors (Lipinski definition) is 5. The predicted molar refractivity (Wildman–Crippen MR) is 100.0 cm³/mol. The lowest BCUT2D eigenvalue weighted by atomic mass is 9.53. The lowest BCUT2D eigenvalue weighted by molar-refractivity contribution is -0.0453. The zero-order valence-corrected chi connectivity index (χ0v) is 14.9. The van der Waals surface area contributed by atoms with Crippen LogP contribution in [-0.4, -0.2) is 65.4 Å².